The van der Waals surface area contributed by atoms with Crippen molar-refractivity contribution in [1.82, 2.24) is 0 Å². The number of phenols is 1. The van der Waals surface area contributed by atoms with Crippen LogP contribution in [0.15, 0.2) is 36.4 Å². The molecule has 1 saturated heterocycles. The minimum Gasteiger partial charge on any atom is -0.508 e. The van der Waals surface area contributed by atoms with E-state index in [0.717, 1.165) is 0 Å². The van der Waals surface area contributed by atoms with Gasteiger partial charge < -0.3 is 20.3 Å². The summed E-state index contributed by atoms with van der Waals surface area (Å²) in [5.41, 5.74) is 0.422. The lowest BCUT2D eigenvalue weighted by atomic mass is 9.82. The third-order valence-corrected chi connectivity index (χ3v) is 3.60. The zero-order valence-corrected chi connectivity index (χ0v) is 10.4. The number of ether oxygens (including phenoxy) is 1. The van der Waals surface area contributed by atoms with E-state index in [1.165, 1.54) is 12.1 Å². The fourth-order valence-electron chi connectivity index (χ4n) is 2.72. The summed E-state index contributed by atoms with van der Waals surface area (Å²) < 4.78 is 5.44. The normalized spacial score (nSPS) is 30.4. The number of rotatable bonds is 3. The molecule has 1 aromatic carbocycles. The number of hydrogen-bond donors (Lipinski definition) is 3. The molecule has 2 heterocycles. The molecule has 4 atom stereocenters. The van der Waals surface area contributed by atoms with Gasteiger partial charge >= 0.3 is 5.97 Å². The number of fused-ring (bicyclic) bond motifs is 2. The molecule has 3 N–H and O–H groups in total. The van der Waals surface area contributed by atoms with E-state index in [-0.39, 0.29) is 5.75 Å². The maximum atomic E-state index is 12.3. The molecule has 2 aliphatic heterocycles. The Bertz CT molecular complexity index is 597. The van der Waals surface area contributed by atoms with Crippen molar-refractivity contribution in [1.29, 1.82) is 0 Å². The molecule has 0 saturated carbocycles. The van der Waals surface area contributed by atoms with Gasteiger partial charge in [0.05, 0.1) is 18.1 Å². The predicted molar refractivity (Wildman–Crippen MR) is 69.2 cm³/mol. The standard InChI is InChI=1S/C14H13NO5/c16-8-3-1-2-7(6-8)15-13(17)11-9-4-5-10(20-9)12(11)14(18)19/h1-6,9-12,16H,(H,15,17)(H,18,19)/t9-,10-,11-,12+/m1/s1. The smallest absolute Gasteiger partial charge is 0.310 e. The second kappa shape index (κ2) is 4.64. The first-order valence-corrected chi connectivity index (χ1v) is 6.23. The zero-order chi connectivity index (χ0) is 14.3. The molecule has 6 nitrogen and oxygen atoms in total. The van der Waals surface area contributed by atoms with E-state index in [9.17, 15) is 19.8 Å². The number of carboxylic acids is 1. The summed E-state index contributed by atoms with van der Waals surface area (Å²) in [5, 5.41) is 21.2. The predicted octanol–water partition coefficient (Wildman–Crippen LogP) is 0.985. The van der Waals surface area contributed by atoms with E-state index < -0.39 is 35.9 Å². The molecular formula is C14H13NO5. The fraction of sp³-hybridized carbons (Fsp3) is 0.286. The number of phenolic OH excluding ortho intramolecular Hbond substituents is 1. The van der Waals surface area contributed by atoms with Gasteiger partial charge in [0.1, 0.15) is 11.7 Å². The van der Waals surface area contributed by atoms with E-state index in [2.05, 4.69) is 5.32 Å². The number of carbonyl (C=O) groups is 2. The second-order valence-corrected chi connectivity index (χ2v) is 4.88. The van der Waals surface area contributed by atoms with Gasteiger partial charge in [-0.1, -0.05) is 18.2 Å². The van der Waals surface area contributed by atoms with Gasteiger partial charge in [-0.05, 0) is 12.1 Å². The fourth-order valence-corrected chi connectivity index (χ4v) is 2.72. The summed E-state index contributed by atoms with van der Waals surface area (Å²) in [6.45, 7) is 0. The first-order valence-electron chi connectivity index (χ1n) is 6.23. The third-order valence-electron chi connectivity index (χ3n) is 3.60. The molecule has 104 valence electrons. The molecule has 1 amide bonds. The number of carbonyl (C=O) groups excluding carboxylic acids is 1. The van der Waals surface area contributed by atoms with Crippen LogP contribution in [0.4, 0.5) is 5.69 Å². The molecule has 20 heavy (non-hydrogen) atoms. The minimum atomic E-state index is -1.04. The molecule has 2 aliphatic rings. The highest BCUT2D eigenvalue weighted by atomic mass is 16.5. The van der Waals surface area contributed by atoms with Crippen LogP contribution in [0.3, 0.4) is 0 Å². The maximum Gasteiger partial charge on any atom is 0.310 e. The first kappa shape index (κ1) is 12.7. The summed E-state index contributed by atoms with van der Waals surface area (Å²) in [6.07, 6.45) is 2.36. The number of carboxylic acid groups (broad SMARTS) is 1. The average molecular weight is 275 g/mol. The highest BCUT2D eigenvalue weighted by Crippen LogP contribution is 2.39. The lowest BCUT2D eigenvalue weighted by Gasteiger charge is -2.21. The van der Waals surface area contributed by atoms with E-state index in [0.29, 0.717) is 5.69 Å². The van der Waals surface area contributed by atoms with Gasteiger partial charge in [0, 0.05) is 11.8 Å². The molecule has 1 fully saturated rings. The van der Waals surface area contributed by atoms with Gasteiger partial charge in [-0.2, -0.15) is 0 Å². The molecule has 0 aromatic heterocycles. The SMILES string of the molecule is O=C(O)[C@@H]1[C@H](C(=O)Nc2cccc(O)c2)[C@H]2C=C[C@H]1O2. The Kier molecular flexibility index (Phi) is 2.94. The molecule has 3 rings (SSSR count). The van der Waals surface area contributed by atoms with Gasteiger partial charge in [0.25, 0.3) is 0 Å². The molecule has 0 aliphatic carbocycles. The summed E-state index contributed by atoms with van der Waals surface area (Å²) in [4.78, 5) is 23.5. The zero-order valence-electron chi connectivity index (χ0n) is 10.4. The minimum absolute atomic E-state index is 0.0293. The highest BCUT2D eigenvalue weighted by molar-refractivity contribution is 5.96. The third kappa shape index (κ3) is 2.04. The van der Waals surface area contributed by atoms with Gasteiger partial charge in [-0.15, -0.1) is 0 Å². The second-order valence-electron chi connectivity index (χ2n) is 4.88. The Morgan fingerprint density at radius 1 is 1.15 bits per heavy atom. The van der Waals surface area contributed by atoms with Crippen LogP contribution in [0.5, 0.6) is 5.75 Å². The van der Waals surface area contributed by atoms with Crippen LogP contribution >= 0.6 is 0 Å². The van der Waals surface area contributed by atoms with Gasteiger partial charge in [-0.25, -0.2) is 0 Å². The topological polar surface area (TPSA) is 95.9 Å². The lowest BCUT2D eigenvalue weighted by Crippen LogP contribution is -2.39. The Labute approximate surface area is 114 Å². The van der Waals surface area contributed by atoms with Gasteiger partial charge in [-0.3, -0.25) is 9.59 Å². The molecular weight excluding hydrogens is 262 g/mol. The van der Waals surface area contributed by atoms with E-state index in [1.54, 1.807) is 24.3 Å². The Hall–Kier alpha value is -2.34. The summed E-state index contributed by atoms with van der Waals surface area (Å²) in [6, 6.07) is 6.10. The molecule has 0 radical (unpaired) electrons. The number of hydrogen-bond acceptors (Lipinski definition) is 4. The average Bonchev–Trinajstić information content (AvgIpc) is 2.98. The first-order chi connectivity index (χ1) is 9.56. The van der Waals surface area contributed by atoms with E-state index >= 15 is 0 Å². The molecule has 1 aromatic rings. The lowest BCUT2D eigenvalue weighted by molar-refractivity contribution is -0.145. The van der Waals surface area contributed by atoms with Gasteiger partial charge in [0.2, 0.25) is 5.91 Å². The van der Waals surface area contributed by atoms with Crippen LogP contribution in [0.1, 0.15) is 0 Å². The van der Waals surface area contributed by atoms with Crippen molar-refractivity contribution in [3.63, 3.8) is 0 Å². The van der Waals surface area contributed by atoms with Crippen LogP contribution < -0.4 is 5.32 Å². The number of amides is 1. The van der Waals surface area contributed by atoms with Crippen molar-refractivity contribution in [2.24, 2.45) is 11.8 Å². The van der Waals surface area contributed by atoms with Crippen LogP contribution in [0.25, 0.3) is 0 Å². The molecule has 0 spiro atoms. The number of aromatic hydroxyl groups is 1. The van der Waals surface area contributed by atoms with E-state index in [1.807, 2.05) is 0 Å². The summed E-state index contributed by atoms with van der Waals surface area (Å²) in [7, 11) is 0. The van der Waals surface area contributed by atoms with Crippen molar-refractivity contribution < 1.29 is 24.5 Å². The van der Waals surface area contributed by atoms with Crippen molar-refractivity contribution in [3.05, 3.63) is 36.4 Å². The molecule has 6 heteroatoms. The Morgan fingerprint density at radius 2 is 1.85 bits per heavy atom. The van der Waals surface area contributed by atoms with Crippen molar-refractivity contribution >= 4 is 17.6 Å². The Morgan fingerprint density at radius 3 is 2.50 bits per heavy atom. The largest absolute Gasteiger partial charge is 0.508 e. The van der Waals surface area contributed by atoms with Gasteiger partial charge in [0.15, 0.2) is 0 Å². The molecule has 2 bridgehead atoms. The highest BCUT2D eigenvalue weighted by Gasteiger charge is 2.53. The van der Waals surface area contributed by atoms with Crippen molar-refractivity contribution in [3.8, 4) is 5.75 Å². The van der Waals surface area contributed by atoms with Crippen LogP contribution in [-0.4, -0.2) is 34.3 Å². The number of aliphatic carboxylic acids is 1. The Balaban J connectivity index is 1.80. The van der Waals surface area contributed by atoms with Crippen LogP contribution in [-0.2, 0) is 14.3 Å². The summed E-state index contributed by atoms with van der Waals surface area (Å²) >= 11 is 0. The summed E-state index contributed by atoms with van der Waals surface area (Å²) in [5.74, 6) is -3.06. The van der Waals surface area contributed by atoms with E-state index in [4.69, 9.17) is 4.74 Å². The number of benzene rings is 1. The monoisotopic (exact) mass is 275 g/mol. The quantitative estimate of drug-likeness (QED) is 0.715. The maximum absolute atomic E-state index is 12.3. The van der Waals surface area contributed by atoms with Crippen LogP contribution in [0, 0.1) is 11.8 Å². The number of anilines is 1. The van der Waals surface area contributed by atoms with Crippen molar-refractivity contribution in [2.45, 2.75) is 12.2 Å². The van der Waals surface area contributed by atoms with Crippen LogP contribution in [0.2, 0.25) is 0 Å². The molecule has 0 unspecified atom stereocenters. The number of nitrogens with one attached hydrogen (secondary N) is 1. The van der Waals surface area contributed by atoms with Crippen molar-refractivity contribution in [2.75, 3.05) is 5.32 Å².